The van der Waals surface area contributed by atoms with Gasteiger partial charge in [-0.2, -0.15) is 57.9 Å². The Labute approximate surface area is 409 Å². The second-order valence-electron chi connectivity index (χ2n) is 17.2. The van der Waals surface area contributed by atoms with Crippen LogP contribution in [-0.2, 0) is 24.7 Å². The molecular weight excluding hydrogens is 985 g/mol. The summed E-state index contributed by atoms with van der Waals surface area (Å²) in [6, 6.07) is 39.7. The molecule has 3 heterocycles. The van der Waals surface area contributed by atoms with Gasteiger partial charge in [-0.05, 0) is 84.9 Å². The largest absolute Gasteiger partial charge is 0.416 e. The van der Waals surface area contributed by atoms with E-state index in [1.165, 1.54) is 27.3 Å². The number of hydrogen-bond acceptors (Lipinski definition) is 4. The molecule has 0 unspecified atom stereocenters. The quantitative estimate of drug-likeness (QED) is 0.156. The third kappa shape index (κ3) is 8.19. The SMILES string of the molecule is N#Cc1c(-c2ccc(-c3nc(-c4ccccc4)nc(-c4ccccc4)n3)cc2-n2c3ccc(C(F)(F)F)cc3c3cc(C(F)(F)F)ccc32)cccc1-n1c2ccc(C(F)(F)F)cc2c2cc(C(F)(F)F)ccc21. The van der Waals surface area contributed by atoms with Gasteiger partial charge in [0.25, 0.3) is 0 Å². The Morgan fingerprint density at radius 2 is 0.703 bits per heavy atom. The van der Waals surface area contributed by atoms with Gasteiger partial charge in [0.15, 0.2) is 17.5 Å². The molecule has 0 bridgehead atoms. The molecule has 74 heavy (non-hydrogen) atoms. The van der Waals surface area contributed by atoms with Crippen molar-refractivity contribution in [1.82, 2.24) is 24.1 Å². The fourth-order valence-corrected chi connectivity index (χ4v) is 9.36. The number of alkyl halides is 12. The molecule has 11 aromatic rings. The van der Waals surface area contributed by atoms with E-state index in [0.29, 0.717) is 11.1 Å². The Bertz CT molecular complexity index is 3890. The van der Waals surface area contributed by atoms with Gasteiger partial charge < -0.3 is 9.13 Å². The highest BCUT2D eigenvalue weighted by Crippen LogP contribution is 2.46. The van der Waals surface area contributed by atoms with E-state index in [4.69, 9.17) is 15.0 Å². The number of hydrogen-bond donors (Lipinski definition) is 0. The van der Waals surface area contributed by atoms with Crippen LogP contribution in [0.5, 0.6) is 0 Å². The zero-order valence-electron chi connectivity index (χ0n) is 37.4. The van der Waals surface area contributed by atoms with Gasteiger partial charge in [0.2, 0.25) is 0 Å². The maximum absolute atomic E-state index is 14.4. The van der Waals surface area contributed by atoms with Gasteiger partial charge >= 0.3 is 24.7 Å². The molecule has 366 valence electrons. The summed E-state index contributed by atoms with van der Waals surface area (Å²) in [5.74, 6) is 0.610. The van der Waals surface area contributed by atoms with E-state index in [1.807, 2.05) is 0 Å². The molecule has 0 aliphatic rings. The van der Waals surface area contributed by atoms with Gasteiger partial charge in [0, 0.05) is 49.4 Å². The fourth-order valence-electron chi connectivity index (χ4n) is 9.36. The van der Waals surface area contributed by atoms with E-state index in [9.17, 15) is 57.9 Å². The average Bonchev–Trinajstić information content (AvgIpc) is 3.89. The summed E-state index contributed by atoms with van der Waals surface area (Å²) >= 11 is 0. The zero-order valence-corrected chi connectivity index (χ0v) is 37.4. The van der Waals surface area contributed by atoms with Crippen LogP contribution in [0.2, 0.25) is 0 Å². The standard InChI is InChI=1S/C56H28F12N6/c57-53(58,59)33-15-20-45-39(25-33)40-26-34(54(60,61)62)16-21-46(40)73(45)44-13-7-12-37(43(44)29-69)38-19-14-32(52-71-50(30-8-3-1-4-9-30)70-51(72-52)31-10-5-2-6-11-31)24-49(38)74-47-22-17-35(55(63,64)65)27-41(47)42-28-36(56(66,67)68)18-23-48(42)74/h1-28H. The molecule has 3 aromatic heterocycles. The molecule has 0 aliphatic carbocycles. The van der Waals surface area contributed by atoms with E-state index in [1.54, 1.807) is 78.9 Å². The number of nitrogens with zero attached hydrogens (tertiary/aromatic N) is 6. The molecule has 0 amide bonds. The highest BCUT2D eigenvalue weighted by atomic mass is 19.4. The van der Waals surface area contributed by atoms with Gasteiger partial charge in [-0.25, -0.2) is 15.0 Å². The highest BCUT2D eigenvalue weighted by molar-refractivity contribution is 6.12. The Kier molecular flexibility index (Phi) is 10.9. The molecular formula is C56H28F12N6. The maximum atomic E-state index is 14.4. The summed E-state index contributed by atoms with van der Waals surface area (Å²) in [4.78, 5) is 14.4. The summed E-state index contributed by atoms with van der Waals surface area (Å²) in [5, 5.41) is 10.4. The summed E-state index contributed by atoms with van der Waals surface area (Å²) in [5.41, 5.74) is -2.74. The lowest BCUT2D eigenvalue weighted by Gasteiger charge is -2.19. The molecule has 0 radical (unpaired) electrons. The number of halogens is 12. The summed E-state index contributed by atoms with van der Waals surface area (Å²) in [7, 11) is 0. The minimum atomic E-state index is -4.90. The minimum Gasteiger partial charge on any atom is -0.309 e. The van der Waals surface area contributed by atoms with Crippen molar-refractivity contribution in [2.24, 2.45) is 0 Å². The molecule has 0 N–H and O–H groups in total. The van der Waals surface area contributed by atoms with Crippen LogP contribution in [0, 0.1) is 11.3 Å². The average molecular weight is 1010 g/mol. The second kappa shape index (κ2) is 17.1. The van der Waals surface area contributed by atoms with Crippen molar-refractivity contribution < 1.29 is 52.7 Å². The number of benzene rings is 8. The Balaban J connectivity index is 1.23. The van der Waals surface area contributed by atoms with Crippen molar-refractivity contribution in [3.05, 3.63) is 198 Å². The van der Waals surface area contributed by atoms with Crippen molar-refractivity contribution in [1.29, 1.82) is 5.26 Å². The van der Waals surface area contributed by atoms with Gasteiger partial charge in [-0.1, -0.05) is 84.9 Å². The Hall–Kier alpha value is -8.98. The number of nitriles is 1. The normalized spacial score (nSPS) is 12.6. The van der Waals surface area contributed by atoms with E-state index >= 15 is 0 Å². The molecule has 11 rings (SSSR count). The van der Waals surface area contributed by atoms with Crippen molar-refractivity contribution in [2.45, 2.75) is 24.7 Å². The van der Waals surface area contributed by atoms with E-state index in [-0.39, 0.29) is 94.7 Å². The number of aromatic nitrogens is 5. The molecule has 6 nitrogen and oxygen atoms in total. The van der Waals surface area contributed by atoms with Crippen molar-refractivity contribution >= 4 is 43.6 Å². The maximum Gasteiger partial charge on any atom is 0.416 e. The highest BCUT2D eigenvalue weighted by Gasteiger charge is 2.36. The van der Waals surface area contributed by atoms with Crippen molar-refractivity contribution in [3.8, 4) is 62.7 Å². The predicted molar refractivity (Wildman–Crippen MR) is 255 cm³/mol. The van der Waals surface area contributed by atoms with Crippen LogP contribution in [0.15, 0.2) is 170 Å². The molecule has 18 heteroatoms. The first-order chi connectivity index (χ1) is 35.2. The van der Waals surface area contributed by atoms with Crippen LogP contribution in [0.1, 0.15) is 27.8 Å². The van der Waals surface area contributed by atoms with Gasteiger partial charge in [-0.3, -0.25) is 0 Å². The molecule has 0 atom stereocenters. The van der Waals surface area contributed by atoms with Crippen LogP contribution in [-0.4, -0.2) is 24.1 Å². The van der Waals surface area contributed by atoms with Gasteiger partial charge in [-0.15, -0.1) is 0 Å². The molecule has 0 aliphatic heterocycles. The summed E-state index contributed by atoms with van der Waals surface area (Å²) in [6.07, 6.45) is -19.6. The number of fused-ring (bicyclic) bond motifs is 6. The van der Waals surface area contributed by atoms with Gasteiger partial charge in [0.05, 0.1) is 61.3 Å². The lowest BCUT2D eigenvalue weighted by molar-refractivity contribution is -0.138. The number of rotatable bonds is 6. The molecule has 0 saturated carbocycles. The first-order valence-corrected chi connectivity index (χ1v) is 22.2. The van der Waals surface area contributed by atoms with Gasteiger partial charge in [0.1, 0.15) is 6.07 Å². The van der Waals surface area contributed by atoms with Crippen molar-refractivity contribution in [2.75, 3.05) is 0 Å². The third-order valence-electron chi connectivity index (χ3n) is 12.7. The summed E-state index contributed by atoms with van der Waals surface area (Å²) in [6.45, 7) is 0. The monoisotopic (exact) mass is 1010 g/mol. The minimum absolute atomic E-state index is 0.0122. The van der Waals surface area contributed by atoms with E-state index in [0.717, 1.165) is 72.8 Å². The van der Waals surface area contributed by atoms with Crippen LogP contribution in [0.4, 0.5) is 52.7 Å². The first-order valence-electron chi connectivity index (χ1n) is 22.2. The topological polar surface area (TPSA) is 72.3 Å². The van der Waals surface area contributed by atoms with Crippen LogP contribution >= 0.6 is 0 Å². The predicted octanol–water partition coefficient (Wildman–Crippen LogP) is 16.7. The Morgan fingerprint density at radius 3 is 1.07 bits per heavy atom. The van der Waals surface area contributed by atoms with Crippen LogP contribution < -0.4 is 0 Å². The molecule has 8 aromatic carbocycles. The Morgan fingerprint density at radius 1 is 0.338 bits per heavy atom. The van der Waals surface area contributed by atoms with E-state index < -0.39 is 47.0 Å². The summed E-state index contributed by atoms with van der Waals surface area (Å²) < 4.78 is 174. The molecule has 0 fully saturated rings. The molecule has 0 spiro atoms. The fraction of sp³-hybridized carbons (Fsp3) is 0.0714. The third-order valence-corrected chi connectivity index (χ3v) is 12.7. The smallest absolute Gasteiger partial charge is 0.309 e. The lowest BCUT2D eigenvalue weighted by atomic mass is 9.95. The first kappa shape index (κ1) is 47.4. The van der Waals surface area contributed by atoms with Crippen LogP contribution in [0.25, 0.3) is 100 Å². The molecule has 0 saturated heterocycles. The van der Waals surface area contributed by atoms with E-state index in [2.05, 4.69) is 6.07 Å². The van der Waals surface area contributed by atoms with Crippen molar-refractivity contribution in [3.63, 3.8) is 0 Å². The van der Waals surface area contributed by atoms with Crippen LogP contribution in [0.3, 0.4) is 0 Å². The lowest BCUT2D eigenvalue weighted by Crippen LogP contribution is -2.06. The zero-order chi connectivity index (χ0) is 52.1. The second-order valence-corrected chi connectivity index (χ2v) is 17.2.